The molecule has 0 spiro atoms. The summed E-state index contributed by atoms with van der Waals surface area (Å²) in [5.41, 5.74) is -1.73. The van der Waals surface area contributed by atoms with Crippen LogP contribution in [0.1, 0.15) is 20.8 Å². The van der Waals surface area contributed by atoms with Crippen molar-refractivity contribution >= 4 is 7.28 Å². The molecule has 0 unspecified atom stereocenters. The third-order valence-electron chi connectivity index (χ3n) is 1.78. The molecule has 0 aromatic rings. The maximum atomic E-state index is 9.46. The van der Waals surface area contributed by atoms with Gasteiger partial charge in [0.15, 0.2) is 0 Å². The van der Waals surface area contributed by atoms with E-state index in [1.165, 1.54) is 6.92 Å². The number of ether oxygens (including phenoxy) is 2. The second-order valence-electron chi connectivity index (χ2n) is 3.16. The van der Waals surface area contributed by atoms with Crippen LogP contribution in [-0.2, 0) is 9.47 Å². The number of hydrogen-bond acceptors (Lipinski definition) is 5. The fourth-order valence-corrected chi connectivity index (χ4v) is 1.74. The van der Waals surface area contributed by atoms with Crippen molar-refractivity contribution in [2.24, 2.45) is 0 Å². The third-order valence-corrected chi connectivity index (χ3v) is 3.94. The monoisotopic (exact) mass is 214 g/mol. The summed E-state index contributed by atoms with van der Waals surface area (Å²) in [4.78, 5) is 28.4. The van der Waals surface area contributed by atoms with Crippen LogP contribution >= 0.6 is 7.28 Å². The molecule has 82 valence electrons. The van der Waals surface area contributed by atoms with Crippen LogP contribution < -0.4 is 0 Å². The molecule has 0 aliphatic carbocycles. The predicted molar refractivity (Wildman–Crippen MR) is 51.2 cm³/mol. The topological polar surface area (TPSA) is 79.2 Å². The van der Waals surface area contributed by atoms with Crippen LogP contribution in [0.15, 0.2) is 0 Å². The molecule has 0 aliphatic heterocycles. The molecule has 0 amide bonds. The first-order chi connectivity index (χ1) is 5.63. The summed E-state index contributed by atoms with van der Waals surface area (Å²) in [5, 5.41) is 0. The zero-order valence-electron chi connectivity index (χ0n) is 8.52. The Morgan fingerprint density at radius 2 is 1.38 bits per heavy atom. The molecule has 0 radical (unpaired) electrons. The molecule has 0 bridgehead atoms. The van der Waals surface area contributed by atoms with Gasteiger partial charge in [0.2, 0.25) is 0 Å². The van der Waals surface area contributed by atoms with E-state index in [1.807, 2.05) is 0 Å². The molecule has 0 aromatic carbocycles. The molecular formula is C7H19O5P. The van der Waals surface area contributed by atoms with E-state index in [9.17, 15) is 14.7 Å². The molecule has 0 fully saturated rings. The molecule has 0 aromatic heterocycles. The molecule has 13 heavy (non-hydrogen) atoms. The Labute approximate surface area is 78.5 Å². The molecule has 0 saturated carbocycles. The minimum atomic E-state index is -4.86. The Kier molecular flexibility index (Phi) is 3.84. The van der Waals surface area contributed by atoms with Gasteiger partial charge in [-0.2, -0.15) is 0 Å². The van der Waals surface area contributed by atoms with E-state index in [0.717, 1.165) is 6.66 Å². The average molecular weight is 214 g/mol. The fourth-order valence-electron chi connectivity index (χ4n) is 0.880. The summed E-state index contributed by atoms with van der Waals surface area (Å²) in [5.74, 6) is 0. The summed E-state index contributed by atoms with van der Waals surface area (Å²) >= 11 is 0. The van der Waals surface area contributed by atoms with Gasteiger partial charge in [0.25, 0.3) is 0 Å². The second kappa shape index (κ2) is 3.77. The van der Waals surface area contributed by atoms with E-state index < -0.39 is 12.8 Å². The Balaban J connectivity index is 4.79. The molecule has 6 heteroatoms. The number of hydrogen-bond donors (Lipinski definition) is 3. The van der Waals surface area contributed by atoms with E-state index in [4.69, 9.17) is 9.47 Å². The van der Waals surface area contributed by atoms with Crippen molar-refractivity contribution in [3.8, 4) is 0 Å². The molecule has 0 heterocycles. The van der Waals surface area contributed by atoms with E-state index in [1.54, 1.807) is 13.8 Å². The van der Waals surface area contributed by atoms with Crippen molar-refractivity contribution in [1.29, 1.82) is 0 Å². The van der Waals surface area contributed by atoms with E-state index in [2.05, 4.69) is 0 Å². The second-order valence-corrected chi connectivity index (χ2v) is 6.75. The first-order valence-electron chi connectivity index (χ1n) is 4.17. The van der Waals surface area contributed by atoms with E-state index >= 15 is 0 Å². The van der Waals surface area contributed by atoms with Gasteiger partial charge in [0, 0.05) is 0 Å². The van der Waals surface area contributed by atoms with Crippen LogP contribution in [0.5, 0.6) is 0 Å². The van der Waals surface area contributed by atoms with Gasteiger partial charge in [-0.25, -0.2) is 0 Å². The molecule has 0 atom stereocenters. The minimum absolute atomic E-state index is 0.226. The van der Waals surface area contributed by atoms with E-state index in [0.29, 0.717) is 0 Å². The van der Waals surface area contributed by atoms with Gasteiger partial charge in [-0.05, 0) is 0 Å². The van der Waals surface area contributed by atoms with E-state index in [-0.39, 0.29) is 13.2 Å². The quantitative estimate of drug-likeness (QED) is 0.462. The summed E-state index contributed by atoms with van der Waals surface area (Å²) in [7, 11) is -4.86. The van der Waals surface area contributed by atoms with Crippen molar-refractivity contribution < 1.29 is 24.2 Å². The molecular weight excluding hydrogens is 195 g/mol. The summed E-state index contributed by atoms with van der Waals surface area (Å²) < 4.78 is 10.0. The average Bonchev–Trinajstić information content (AvgIpc) is 1.83. The van der Waals surface area contributed by atoms with Crippen LogP contribution in [0.25, 0.3) is 0 Å². The SMILES string of the molecule is CCOC(C)(OCC)P(C)(O)(O)O. The van der Waals surface area contributed by atoms with Crippen LogP contribution in [-0.4, -0.2) is 40.1 Å². The number of rotatable bonds is 5. The van der Waals surface area contributed by atoms with Crippen LogP contribution in [0, 0.1) is 0 Å². The van der Waals surface area contributed by atoms with Gasteiger partial charge in [-0.1, -0.05) is 0 Å². The van der Waals surface area contributed by atoms with Crippen molar-refractivity contribution in [3.05, 3.63) is 0 Å². The predicted octanol–water partition coefficient (Wildman–Crippen LogP) is 0.638. The zero-order valence-corrected chi connectivity index (χ0v) is 9.41. The molecule has 0 aliphatic rings. The Hall–Kier alpha value is 0.230. The van der Waals surface area contributed by atoms with Crippen molar-refractivity contribution in [1.82, 2.24) is 0 Å². The van der Waals surface area contributed by atoms with Gasteiger partial charge in [0.05, 0.1) is 0 Å². The normalized spacial score (nSPS) is 16.7. The first kappa shape index (κ1) is 13.2. The third kappa shape index (κ3) is 3.13. The van der Waals surface area contributed by atoms with Crippen LogP contribution in [0.4, 0.5) is 0 Å². The van der Waals surface area contributed by atoms with Crippen molar-refractivity contribution in [3.63, 3.8) is 0 Å². The van der Waals surface area contributed by atoms with Gasteiger partial charge >= 0.3 is 77.6 Å². The van der Waals surface area contributed by atoms with Gasteiger partial charge in [0.1, 0.15) is 0 Å². The molecule has 3 N–H and O–H groups in total. The van der Waals surface area contributed by atoms with Crippen molar-refractivity contribution in [2.45, 2.75) is 26.3 Å². The summed E-state index contributed by atoms with van der Waals surface area (Å²) in [6.07, 6.45) is 0. The molecule has 0 rings (SSSR count). The van der Waals surface area contributed by atoms with Crippen LogP contribution in [0.3, 0.4) is 0 Å². The Morgan fingerprint density at radius 3 is 1.54 bits per heavy atom. The van der Waals surface area contributed by atoms with Crippen molar-refractivity contribution in [2.75, 3.05) is 19.9 Å². The molecule has 0 saturated heterocycles. The Bertz CT molecular complexity index is 158. The standard InChI is InChI=1S/C7H19O5P/c1-5-11-7(3,12-6-2)13(4,8,9)10/h8-10H,5-6H2,1-4H3. The first-order valence-corrected chi connectivity index (χ1v) is 6.71. The van der Waals surface area contributed by atoms with Crippen LogP contribution in [0.2, 0.25) is 0 Å². The fraction of sp³-hybridized carbons (Fsp3) is 1.00. The zero-order chi connectivity index (χ0) is 10.8. The molecule has 5 nitrogen and oxygen atoms in total. The summed E-state index contributed by atoms with van der Waals surface area (Å²) in [6, 6.07) is 0. The Morgan fingerprint density at radius 1 is 1.08 bits per heavy atom. The maximum absolute atomic E-state index is 9.46. The van der Waals surface area contributed by atoms with Gasteiger partial charge in [-0.3, -0.25) is 0 Å². The van der Waals surface area contributed by atoms with Gasteiger partial charge < -0.3 is 0 Å². The van der Waals surface area contributed by atoms with Gasteiger partial charge in [-0.15, -0.1) is 0 Å². The summed E-state index contributed by atoms with van der Waals surface area (Å²) in [6.45, 7) is 6.07.